The number of nitrogens with one attached hydrogen (secondary N) is 2. The standard InChI is InChI=1S/C17H28N2O2/c1-5-6-11-18-17(20)14(4)21-16-10-8-7-9-15(16)12-19-13(2)3/h7-10,13-14,19H,5-6,11-12H2,1-4H3,(H,18,20). The van der Waals surface area contributed by atoms with Crippen LogP contribution in [0.1, 0.15) is 46.1 Å². The number of rotatable bonds is 9. The highest BCUT2D eigenvalue weighted by Gasteiger charge is 2.15. The third kappa shape index (κ3) is 6.63. The van der Waals surface area contributed by atoms with Crippen LogP contribution in [-0.4, -0.2) is 24.6 Å². The summed E-state index contributed by atoms with van der Waals surface area (Å²) in [4.78, 5) is 11.9. The summed E-state index contributed by atoms with van der Waals surface area (Å²) in [6, 6.07) is 8.25. The summed E-state index contributed by atoms with van der Waals surface area (Å²) < 4.78 is 5.82. The highest BCUT2D eigenvalue weighted by atomic mass is 16.5. The molecule has 0 fully saturated rings. The predicted octanol–water partition coefficient (Wildman–Crippen LogP) is 2.87. The van der Waals surface area contributed by atoms with Gasteiger partial charge in [0, 0.05) is 24.7 Å². The van der Waals surface area contributed by atoms with Crippen molar-refractivity contribution in [1.29, 1.82) is 0 Å². The third-order valence-electron chi connectivity index (χ3n) is 3.18. The monoisotopic (exact) mass is 292 g/mol. The van der Waals surface area contributed by atoms with Gasteiger partial charge in [-0.05, 0) is 19.4 Å². The number of benzene rings is 1. The minimum Gasteiger partial charge on any atom is -0.481 e. The molecule has 1 atom stereocenters. The van der Waals surface area contributed by atoms with Crippen LogP contribution in [0.3, 0.4) is 0 Å². The fraction of sp³-hybridized carbons (Fsp3) is 0.588. The van der Waals surface area contributed by atoms with E-state index in [4.69, 9.17) is 4.74 Å². The lowest BCUT2D eigenvalue weighted by atomic mass is 10.2. The molecule has 0 aliphatic heterocycles. The largest absolute Gasteiger partial charge is 0.481 e. The van der Waals surface area contributed by atoms with Gasteiger partial charge in [0.05, 0.1) is 0 Å². The Morgan fingerprint density at radius 3 is 2.62 bits per heavy atom. The lowest BCUT2D eigenvalue weighted by Crippen LogP contribution is -2.37. The van der Waals surface area contributed by atoms with E-state index < -0.39 is 6.10 Å². The fourth-order valence-corrected chi connectivity index (χ4v) is 1.85. The van der Waals surface area contributed by atoms with Gasteiger partial charge in [0.1, 0.15) is 5.75 Å². The van der Waals surface area contributed by atoms with Crippen molar-refractivity contribution in [3.05, 3.63) is 29.8 Å². The summed E-state index contributed by atoms with van der Waals surface area (Å²) in [5.41, 5.74) is 1.07. The van der Waals surface area contributed by atoms with Crippen LogP contribution in [0.5, 0.6) is 5.75 Å². The van der Waals surface area contributed by atoms with E-state index in [-0.39, 0.29) is 5.91 Å². The number of unbranched alkanes of at least 4 members (excludes halogenated alkanes) is 1. The van der Waals surface area contributed by atoms with Gasteiger partial charge in [-0.25, -0.2) is 0 Å². The molecule has 118 valence electrons. The number of hydrogen-bond donors (Lipinski definition) is 2. The van der Waals surface area contributed by atoms with Gasteiger partial charge in [-0.3, -0.25) is 4.79 Å². The van der Waals surface area contributed by atoms with Crippen LogP contribution in [0.2, 0.25) is 0 Å². The molecule has 0 saturated heterocycles. The number of amides is 1. The Kier molecular flexibility index (Phi) is 7.83. The van der Waals surface area contributed by atoms with Gasteiger partial charge in [-0.2, -0.15) is 0 Å². The zero-order valence-electron chi connectivity index (χ0n) is 13.6. The predicted molar refractivity (Wildman–Crippen MR) is 86.4 cm³/mol. The molecule has 4 nitrogen and oxygen atoms in total. The van der Waals surface area contributed by atoms with Crippen LogP contribution in [0.15, 0.2) is 24.3 Å². The van der Waals surface area contributed by atoms with Crippen LogP contribution in [0.25, 0.3) is 0 Å². The average Bonchev–Trinajstić information content (AvgIpc) is 2.46. The van der Waals surface area contributed by atoms with E-state index >= 15 is 0 Å². The Hall–Kier alpha value is -1.55. The van der Waals surface area contributed by atoms with Crippen LogP contribution in [0.4, 0.5) is 0 Å². The Bertz CT molecular complexity index is 433. The van der Waals surface area contributed by atoms with E-state index in [9.17, 15) is 4.79 Å². The van der Waals surface area contributed by atoms with Crippen molar-refractivity contribution >= 4 is 5.91 Å². The Morgan fingerprint density at radius 1 is 1.24 bits per heavy atom. The maximum absolute atomic E-state index is 11.9. The minimum atomic E-state index is -0.484. The number of carbonyl (C=O) groups is 1. The summed E-state index contributed by atoms with van der Waals surface area (Å²) in [5, 5.41) is 6.26. The second kappa shape index (κ2) is 9.40. The summed E-state index contributed by atoms with van der Waals surface area (Å²) in [7, 11) is 0. The molecule has 2 N–H and O–H groups in total. The molecule has 1 aromatic carbocycles. The lowest BCUT2D eigenvalue weighted by Gasteiger charge is -2.18. The molecule has 0 aromatic heterocycles. The Balaban J connectivity index is 2.58. The molecule has 0 spiro atoms. The molecule has 0 aliphatic carbocycles. The average molecular weight is 292 g/mol. The molecule has 21 heavy (non-hydrogen) atoms. The highest BCUT2D eigenvalue weighted by molar-refractivity contribution is 5.80. The fourth-order valence-electron chi connectivity index (χ4n) is 1.85. The summed E-state index contributed by atoms with van der Waals surface area (Å²) in [5.74, 6) is 0.707. The first kappa shape index (κ1) is 17.5. The van der Waals surface area contributed by atoms with Crippen molar-refractivity contribution in [3.63, 3.8) is 0 Å². The molecular weight excluding hydrogens is 264 g/mol. The summed E-state index contributed by atoms with van der Waals surface area (Å²) >= 11 is 0. The molecular formula is C17H28N2O2. The number of ether oxygens (including phenoxy) is 1. The quantitative estimate of drug-likeness (QED) is 0.688. The molecule has 4 heteroatoms. The summed E-state index contributed by atoms with van der Waals surface area (Å²) in [6.07, 6.45) is 1.58. The van der Waals surface area contributed by atoms with E-state index in [2.05, 4.69) is 31.4 Å². The van der Waals surface area contributed by atoms with Crippen LogP contribution in [0, 0.1) is 0 Å². The number of hydrogen-bond acceptors (Lipinski definition) is 3. The van der Waals surface area contributed by atoms with E-state index in [0.717, 1.165) is 30.7 Å². The van der Waals surface area contributed by atoms with Crippen molar-refractivity contribution in [3.8, 4) is 5.75 Å². The zero-order valence-corrected chi connectivity index (χ0v) is 13.6. The first-order valence-electron chi connectivity index (χ1n) is 7.80. The lowest BCUT2D eigenvalue weighted by molar-refractivity contribution is -0.127. The first-order valence-corrected chi connectivity index (χ1v) is 7.80. The smallest absolute Gasteiger partial charge is 0.260 e. The highest BCUT2D eigenvalue weighted by Crippen LogP contribution is 2.19. The Labute approximate surface area is 128 Å². The molecule has 0 aliphatic rings. The van der Waals surface area contributed by atoms with Crippen LogP contribution < -0.4 is 15.4 Å². The second-order valence-corrected chi connectivity index (χ2v) is 5.55. The normalized spacial score (nSPS) is 12.2. The molecule has 1 rings (SSSR count). The van der Waals surface area contributed by atoms with Crippen molar-refractivity contribution in [1.82, 2.24) is 10.6 Å². The second-order valence-electron chi connectivity index (χ2n) is 5.55. The molecule has 1 amide bonds. The van der Waals surface area contributed by atoms with Crippen LogP contribution >= 0.6 is 0 Å². The van der Waals surface area contributed by atoms with Crippen LogP contribution in [-0.2, 0) is 11.3 Å². The number of para-hydroxylation sites is 1. The van der Waals surface area contributed by atoms with Crippen molar-refractivity contribution in [2.45, 2.75) is 59.2 Å². The zero-order chi connectivity index (χ0) is 15.7. The molecule has 1 aromatic rings. The van der Waals surface area contributed by atoms with Crippen molar-refractivity contribution in [2.24, 2.45) is 0 Å². The third-order valence-corrected chi connectivity index (χ3v) is 3.18. The van der Waals surface area contributed by atoms with E-state index in [0.29, 0.717) is 12.6 Å². The maximum atomic E-state index is 11.9. The topological polar surface area (TPSA) is 50.4 Å². The Morgan fingerprint density at radius 2 is 1.95 bits per heavy atom. The van der Waals surface area contributed by atoms with Crippen molar-refractivity contribution < 1.29 is 9.53 Å². The summed E-state index contributed by atoms with van der Waals surface area (Å²) in [6.45, 7) is 9.54. The van der Waals surface area contributed by atoms with Gasteiger partial charge in [-0.1, -0.05) is 45.4 Å². The molecule has 0 saturated carbocycles. The minimum absolute atomic E-state index is 0.0601. The molecule has 1 unspecified atom stereocenters. The van der Waals surface area contributed by atoms with E-state index in [1.54, 1.807) is 6.92 Å². The van der Waals surface area contributed by atoms with Gasteiger partial charge < -0.3 is 15.4 Å². The van der Waals surface area contributed by atoms with Gasteiger partial charge in [-0.15, -0.1) is 0 Å². The van der Waals surface area contributed by atoms with E-state index in [1.807, 2.05) is 24.3 Å². The molecule has 0 radical (unpaired) electrons. The van der Waals surface area contributed by atoms with Crippen molar-refractivity contribution in [2.75, 3.05) is 6.54 Å². The van der Waals surface area contributed by atoms with Gasteiger partial charge in [0.25, 0.3) is 5.91 Å². The van der Waals surface area contributed by atoms with Gasteiger partial charge in [0.15, 0.2) is 6.10 Å². The van der Waals surface area contributed by atoms with E-state index in [1.165, 1.54) is 0 Å². The number of carbonyl (C=O) groups excluding carboxylic acids is 1. The maximum Gasteiger partial charge on any atom is 0.260 e. The molecule has 0 bridgehead atoms. The van der Waals surface area contributed by atoms with Gasteiger partial charge in [0.2, 0.25) is 0 Å². The first-order chi connectivity index (χ1) is 10.0. The van der Waals surface area contributed by atoms with Gasteiger partial charge >= 0.3 is 0 Å². The molecule has 0 heterocycles. The SMILES string of the molecule is CCCCNC(=O)C(C)Oc1ccccc1CNC(C)C.